The molecule has 2 aromatic heterocycles. The smallest absolute Gasteiger partial charge is 0.102 e. The van der Waals surface area contributed by atoms with E-state index < -0.39 is 6.10 Å². The molecule has 6 heteroatoms. The van der Waals surface area contributed by atoms with Crippen molar-refractivity contribution >= 4 is 11.6 Å². The maximum absolute atomic E-state index is 11.0. The Kier molecular flexibility index (Phi) is 2.72. The Labute approximate surface area is 138 Å². The van der Waals surface area contributed by atoms with Crippen LogP contribution in [0.3, 0.4) is 0 Å². The Morgan fingerprint density at radius 2 is 2.09 bits per heavy atom. The zero-order valence-electron chi connectivity index (χ0n) is 12.3. The molecule has 116 valence electrons. The van der Waals surface area contributed by atoms with E-state index in [0.29, 0.717) is 5.02 Å². The predicted molar refractivity (Wildman–Crippen MR) is 86.1 cm³/mol. The summed E-state index contributed by atoms with van der Waals surface area (Å²) in [4.78, 5) is 4.30. The van der Waals surface area contributed by atoms with Gasteiger partial charge in [-0.2, -0.15) is 5.10 Å². The summed E-state index contributed by atoms with van der Waals surface area (Å²) in [7, 11) is 0. The fraction of sp³-hybridized carbons (Fsp3) is 0.294. The Balaban J connectivity index is 1.65. The van der Waals surface area contributed by atoms with Gasteiger partial charge in [-0.15, -0.1) is 0 Å². The topological polar surface area (TPSA) is 55.9 Å². The normalized spacial score (nSPS) is 25.0. The monoisotopic (exact) mass is 326 g/mol. The number of aryl methyl sites for hydroxylation is 1. The number of nitrogens with zero attached hydrogens (tertiary/aromatic N) is 4. The van der Waals surface area contributed by atoms with Crippen LogP contribution in [0.25, 0.3) is 11.3 Å². The predicted octanol–water partition coefficient (Wildman–Crippen LogP) is 3.06. The number of rotatable bonds is 1. The Bertz CT molecular complexity index is 900. The minimum atomic E-state index is -0.634. The maximum atomic E-state index is 11.0. The molecule has 3 aromatic rings. The molecule has 2 aliphatic heterocycles. The van der Waals surface area contributed by atoms with Gasteiger partial charge < -0.3 is 9.67 Å². The lowest BCUT2D eigenvalue weighted by Gasteiger charge is -2.34. The van der Waals surface area contributed by atoms with Gasteiger partial charge in [-0.3, -0.25) is 4.68 Å². The quantitative estimate of drug-likeness (QED) is 0.747. The molecule has 1 unspecified atom stereocenters. The molecule has 0 bridgehead atoms. The van der Waals surface area contributed by atoms with E-state index >= 15 is 0 Å². The number of benzene rings is 1. The van der Waals surface area contributed by atoms with E-state index in [9.17, 15) is 5.11 Å². The second-order valence-corrected chi connectivity index (χ2v) is 6.62. The van der Waals surface area contributed by atoms with Gasteiger partial charge >= 0.3 is 0 Å². The van der Waals surface area contributed by atoms with Crippen LogP contribution < -0.4 is 0 Å². The number of fused-ring (bicyclic) bond motifs is 4. The highest BCUT2D eigenvalue weighted by Gasteiger charge is 2.41. The summed E-state index contributed by atoms with van der Waals surface area (Å²) in [5, 5.41) is 15.8. The first-order valence-corrected chi connectivity index (χ1v) is 8.14. The molecule has 23 heavy (non-hydrogen) atoms. The Morgan fingerprint density at radius 3 is 3.00 bits per heavy atom. The summed E-state index contributed by atoms with van der Waals surface area (Å²) in [6, 6.07) is 8.45. The van der Waals surface area contributed by atoms with E-state index in [-0.39, 0.29) is 12.0 Å². The number of hydrogen-bond donors (Lipinski definition) is 1. The average molecular weight is 327 g/mol. The summed E-state index contributed by atoms with van der Waals surface area (Å²) in [5.41, 5.74) is 4.29. The van der Waals surface area contributed by atoms with E-state index in [4.69, 9.17) is 11.6 Å². The summed E-state index contributed by atoms with van der Waals surface area (Å²) < 4.78 is 4.00. The van der Waals surface area contributed by atoms with Crippen molar-refractivity contribution in [1.29, 1.82) is 0 Å². The van der Waals surface area contributed by atoms with E-state index in [1.807, 2.05) is 23.3 Å². The first kappa shape index (κ1) is 13.3. The molecule has 0 spiro atoms. The molecule has 0 saturated heterocycles. The molecule has 5 rings (SSSR count). The summed E-state index contributed by atoms with van der Waals surface area (Å²) in [6.45, 7) is 0.770. The lowest BCUT2D eigenvalue weighted by atomic mass is 9.83. The highest BCUT2D eigenvalue weighted by Crippen LogP contribution is 2.49. The SMILES string of the molecule is O[C@@H]1c2c(Cl)cnn2CC[C@@H]1C1c2ccccc2-c2cncn21. The van der Waals surface area contributed by atoms with E-state index in [1.165, 1.54) is 11.1 Å². The highest BCUT2D eigenvalue weighted by molar-refractivity contribution is 6.31. The van der Waals surface area contributed by atoms with Gasteiger partial charge in [0.2, 0.25) is 0 Å². The van der Waals surface area contributed by atoms with E-state index in [0.717, 1.165) is 24.4 Å². The second-order valence-electron chi connectivity index (χ2n) is 6.22. The summed E-state index contributed by atoms with van der Waals surface area (Å²) in [5.74, 6) is 0.0494. The third kappa shape index (κ3) is 1.72. The number of imidazole rings is 1. The molecule has 0 aliphatic carbocycles. The number of aliphatic hydroxyl groups is 1. The lowest BCUT2D eigenvalue weighted by Crippen LogP contribution is -2.31. The highest BCUT2D eigenvalue weighted by atomic mass is 35.5. The van der Waals surface area contributed by atoms with Crippen LogP contribution in [-0.2, 0) is 6.54 Å². The molecule has 0 radical (unpaired) electrons. The lowest BCUT2D eigenvalue weighted by molar-refractivity contribution is 0.0526. The Morgan fingerprint density at radius 1 is 1.22 bits per heavy atom. The first-order chi connectivity index (χ1) is 11.3. The fourth-order valence-corrected chi connectivity index (χ4v) is 4.37. The first-order valence-electron chi connectivity index (χ1n) is 7.76. The number of hydrogen-bond acceptors (Lipinski definition) is 3. The van der Waals surface area contributed by atoms with Crippen LogP contribution in [0, 0.1) is 5.92 Å². The van der Waals surface area contributed by atoms with Crippen molar-refractivity contribution in [3.05, 3.63) is 59.3 Å². The standard InChI is InChI=1S/C17H15ClN4O/c18-13-7-20-22-6-5-12(17(23)16(13)22)15-11-4-2-1-3-10(11)14-8-19-9-21(14)15/h1-4,7-9,12,15,17,23H,5-6H2/t12-,15?,17+/m1/s1. The van der Waals surface area contributed by atoms with Gasteiger partial charge in [0.15, 0.2) is 0 Å². The summed E-state index contributed by atoms with van der Waals surface area (Å²) in [6.07, 6.45) is 5.59. The van der Waals surface area contributed by atoms with Gasteiger partial charge in [-0.05, 0) is 12.0 Å². The van der Waals surface area contributed by atoms with Crippen LogP contribution >= 0.6 is 11.6 Å². The molecule has 1 N–H and O–H groups in total. The van der Waals surface area contributed by atoms with Gasteiger partial charge in [0, 0.05) is 18.0 Å². The fourth-order valence-electron chi connectivity index (χ4n) is 4.12. The van der Waals surface area contributed by atoms with Crippen molar-refractivity contribution in [1.82, 2.24) is 19.3 Å². The summed E-state index contributed by atoms with van der Waals surface area (Å²) >= 11 is 6.24. The third-order valence-corrected chi connectivity index (χ3v) is 5.41. The third-order valence-electron chi connectivity index (χ3n) is 5.12. The van der Waals surface area contributed by atoms with Crippen molar-refractivity contribution in [2.45, 2.75) is 25.1 Å². The molecule has 5 nitrogen and oxygen atoms in total. The molecule has 2 aliphatic rings. The zero-order chi connectivity index (χ0) is 15.6. The second kappa shape index (κ2) is 4.69. The molecule has 3 atom stereocenters. The molecule has 0 amide bonds. The zero-order valence-corrected chi connectivity index (χ0v) is 13.1. The van der Waals surface area contributed by atoms with Gasteiger partial charge in [-0.1, -0.05) is 35.9 Å². The number of halogens is 1. The Hall–Kier alpha value is -2.11. The van der Waals surface area contributed by atoms with Crippen LogP contribution in [0.5, 0.6) is 0 Å². The van der Waals surface area contributed by atoms with Crippen molar-refractivity contribution in [3.63, 3.8) is 0 Å². The van der Waals surface area contributed by atoms with Crippen LogP contribution in [0.4, 0.5) is 0 Å². The van der Waals surface area contributed by atoms with E-state index in [1.54, 1.807) is 6.20 Å². The van der Waals surface area contributed by atoms with E-state index in [2.05, 4.69) is 32.8 Å². The average Bonchev–Trinajstić information content (AvgIpc) is 3.23. The van der Waals surface area contributed by atoms with Crippen LogP contribution in [-0.4, -0.2) is 24.4 Å². The van der Waals surface area contributed by atoms with Gasteiger partial charge in [-0.25, -0.2) is 4.98 Å². The largest absolute Gasteiger partial charge is 0.386 e. The van der Waals surface area contributed by atoms with Crippen molar-refractivity contribution in [2.24, 2.45) is 5.92 Å². The van der Waals surface area contributed by atoms with Gasteiger partial charge in [0.25, 0.3) is 0 Å². The molecule has 1 aromatic carbocycles. The minimum absolute atomic E-state index is 0.0494. The van der Waals surface area contributed by atoms with Crippen LogP contribution in [0.2, 0.25) is 5.02 Å². The van der Waals surface area contributed by atoms with Gasteiger partial charge in [0.1, 0.15) is 6.10 Å². The van der Waals surface area contributed by atoms with Crippen molar-refractivity contribution < 1.29 is 5.11 Å². The molecular formula is C17H15ClN4O. The molecule has 4 heterocycles. The molecular weight excluding hydrogens is 312 g/mol. The number of aliphatic hydroxyl groups excluding tert-OH is 1. The van der Waals surface area contributed by atoms with Crippen molar-refractivity contribution in [3.8, 4) is 11.3 Å². The number of aromatic nitrogens is 4. The van der Waals surface area contributed by atoms with Gasteiger partial charge in [0.05, 0.1) is 41.2 Å². The van der Waals surface area contributed by atoms with Crippen molar-refractivity contribution in [2.75, 3.05) is 0 Å². The van der Waals surface area contributed by atoms with Crippen LogP contribution in [0.1, 0.15) is 29.8 Å². The molecule has 0 saturated carbocycles. The minimum Gasteiger partial charge on any atom is -0.386 e. The van der Waals surface area contributed by atoms with Crippen LogP contribution in [0.15, 0.2) is 43.0 Å². The maximum Gasteiger partial charge on any atom is 0.102 e. The molecule has 0 fully saturated rings.